The average Bonchev–Trinajstić information content (AvgIpc) is 2.09. The minimum atomic E-state index is -0.235. The topological polar surface area (TPSA) is 29.5 Å². The summed E-state index contributed by atoms with van der Waals surface area (Å²) in [6.45, 7) is 0. The van der Waals surface area contributed by atoms with Crippen molar-refractivity contribution in [3.63, 3.8) is 0 Å². The second-order valence-corrected chi connectivity index (χ2v) is 4.06. The van der Waals surface area contributed by atoms with Gasteiger partial charge in [0.1, 0.15) is 0 Å². The molecule has 69 valence electrons. The number of aliphatic hydroxyl groups excluding tert-OH is 1. The Bertz CT molecular complexity index is 130. The van der Waals surface area contributed by atoms with Gasteiger partial charge in [-0.15, -0.1) is 0 Å². The summed E-state index contributed by atoms with van der Waals surface area (Å²) in [6, 6.07) is 1.05. The molecule has 0 aromatic heterocycles. The molecule has 3 atom stereocenters. The second-order valence-electron chi connectivity index (χ2n) is 3.56. The highest BCUT2D eigenvalue weighted by Gasteiger charge is 2.28. The Hall–Kier alpha value is 0.137. The monoisotopic (exact) mass is 185 g/mol. The van der Waals surface area contributed by atoms with Crippen LogP contribution in [0.2, 0.25) is 6.04 Å². The number of aliphatic hydroxyl groups is 1. The van der Waals surface area contributed by atoms with Gasteiger partial charge in [0.25, 0.3) is 0 Å². The zero-order chi connectivity index (χ0) is 8.97. The van der Waals surface area contributed by atoms with E-state index in [-0.39, 0.29) is 12.2 Å². The minimum Gasteiger partial charge on any atom is -0.390 e. The molecule has 3 heteroatoms. The number of methoxy groups -OCH3 is 1. The van der Waals surface area contributed by atoms with Crippen molar-refractivity contribution < 1.29 is 9.84 Å². The first-order valence-corrected chi connectivity index (χ1v) is 5.34. The van der Waals surface area contributed by atoms with Crippen molar-refractivity contribution in [3.8, 4) is 0 Å². The van der Waals surface area contributed by atoms with Crippen molar-refractivity contribution >= 4 is 10.2 Å². The summed E-state index contributed by atoms with van der Waals surface area (Å²) >= 11 is 0. The van der Waals surface area contributed by atoms with E-state index >= 15 is 0 Å². The molecule has 1 aliphatic rings. The standard InChI is InChI=1S/C9H17O2Si/c1-11-9-6-7(4-5-12)2-3-8(9)10/h7-10H,2-6H2,1H3. The number of hydrogen-bond donors (Lipinski definition) is 1. The van der Waals surface area contributed by atoms with Crippen LogP contribution in [-0.2, 0) is 4.74 Å². The van der Waals surface area contributed by atoms with Gasteiger partial charge in [0.2, 0.25) is 0 Å². The predicted octanol–water partition coefficient (Wildman–Crippen LogP) is 1.14. The lowest BCUT2D eigenvalue weighted by Crippen LogP contribution is -2.35. The normalized spacial score (nSPS) is 36.8. The predicted molar refractivity (Wildman–Crippen MR) is 49.3 cm³/mol. The van der Waals surface area contributed by atoms with Crippen molar-refractivity contribution in [2.24, 2.45) is 5.92 Å². The Balaban J connectivity index is 2.33. The third-order valence-electron chi connectivity index (χ3n) is 2.72. The first-order valence-electron chi connectivity index (χ1n) is 4.63. The van der Waals surface area contributed by atoms with E-state index in [0.717, 1.165) is 31.2 Å². The minimum absolute atomic E-state index is 0.0713. The fraction of sp³-hybridized carbons (Fsp3) is 1.00. The highest BCUT2D eigenvalue weighted by molar-refractivity contribution is 6.08. The van der Waals surface area contributed by atoms with E-state index < -0.39 is 0 Å². The summed E-state index contributed by atoms with van der Waals surface area (Å²) in [5.41, 5.74) is 0. The number of hydrogen-bond acceptors (Lipinski definition) is 2. The fourth-order valence-corrected chi connectivity index (χ4v) is 2.32. The van der Waals surface area contributed by atoms with Crippen molar-refractivity contribution in [2.75, 3.05) is 7.11 Å². The summed E-state index contributed by atoms with van der Waals surface area (Å²) < 4.78 is 5.21. The molecule has 1 N–H and O–H groups in total. The SMILES string of the molecule is COC1CC(CC[Si])CCC1O. The van der Waals surface area contributed by atoms with Crippen LogP contribution in [0.25, 0.3) is 0 Å². The lowest BCUT2D eigenvalue weighted by atomic mass is 9.84. The van der Waals surface area contributed by atoms with E-state index in [4.69, 9.17) is 4.74 Å². The van der Waals surface area contributed by atoms with E-state index in [2.05, 4.69) is 10.2 Å². The van der Waals surface area contributed by atoms with Gasteiger partial charge in [-0.05, 0) is 25.2 Å². The van der Waals surface area contributed by atoms with Gasteiger partial charge < -0.3 is 9.84 Å². The van der Waals surface area contributed by atoms with Crippen LogP contribution in [0.1, 0.15) is 25.7 Å². The van der Waals surface area contributed by atoms with Crippen molar-refractivity contribution in [2.45, 2.75) is 43.9 Å². The number of ether oxygens (including phenoxy) is 1. The zero-order valence-electron chi connectivity index (χ0n) is 7.62. The number of rotatable bonds is 3. The van der Waals surface area contributed by atoms with Crippen LogP contribution in [0.15, 0.2) is 0 Å². The van der Waals surface area contributed by atoms with E-state index in [9.17, 15) is 5.11 Å². The average molecular weight is 185 g/mol. The molecule has 0 heterocycles. The summed E-state index contributed by atoms with van der Waals surface area (Å²) in [5, 5.41) is 9.52. The van der Waals surface area contributed by atoms with Gasteiger partial charge in [0.15, 0.2) is 0 Å². The van der Waals surface area contributed by atoms with Crippen molar-refractivity contribution in [1.29, 1.82) is 0 Å². The molecule has 1 fully saturated rings. The van der Waals surface area contributed by atoms with Gasteiger partial charge in [-0.2, -0.15) is 0 Å². The van der Waals surface area contributed by atoms with Gasteiger partial charge in [-0.1, -0.05) is 12.5 Å². The largest absolute Gasteiger partial charge is 0.390 e. The van der Waals surface area contributed by atoms with Gasteiger partial charge in [-0.3, -0.25) is 0 Å². The Morgan fingerprint density at radius 2 is 2.25 bits per heavy atom. The highest BCUT2D eigenvalue weighted by Crippen LogP contribution is 2.29. The fourth-order valence-electron chi connectivity index (χ4n) is 1.92. The van der Waals surface area contributed by atoms with Gasteiger partial charge in [-0.25, -0.2) is 0 Å². The van der Waals surface area contributed by atoms with Crippen molar-refractivity contribution in [3.05, 3.63) is 0 Å². The third kappa shape index (κ3) is 2.57. The first-order chi connectivity index (χ1) is 5.77. The third-order valence-corrected chi connectivity index (χ3v) is 3.01. The zero-order valence-corrected chi connectivity index (χ0v) is 8.62. The van der Waals surface area contributed by atoms with Crippen molar-refractivity contribution in [1.82, 2.24) is 0 Å². The summed E-state index contributed by atoms with van der Waals surface area (Å²) in [4.78, 5) is 0. The molecular weight excluding hydrogens is 168 g/mol. The molecule has 1 aliphatic carbocycles. The maximum Gasteiger partial charge on any atom is 0.0832 e. The Morgan fingerprint density at radius 3 is 2.83 bits per heavy atom. The molecule has 0 aliphatic heterocycles. The molecule has 1 rings (SSSR count). The molecule has 0 bridgehead atoms. The van der Waals surface area contributed by atoms with Crippen LogP contribution >= 0.6 is 0 Å². The van der Waals surface area contributed by atoms with E-state index in [1.807, 2.05) is 0 Å². The quantitative estimate of drug-likeness (QED) is 0.668. The molecule has 3 unspecified atom stereocenters. The molecular formula is C9H17O2Si. The summed E-state index contributed by atoms with van der Waals surface area (Å²) in [7, 11) is 5.17. The van der Waals surface area contributed by atoms with Crippen LogP contribution in [0.4, 0.5) is 0 Å². The van der Waals surface area contributed by atoms with Gasteiger partial charge in [0.05, 0.1) is 12.2 Å². The van der Waals surface area contributed by atoms with Gasteiger partial charge >= 0.3 is 0 Å². The molecule has 0 spiro atoms. The molecule has 1 saturated carbocycles. The van der Waals surface area contributed by atoms with E-state index in [0.29, 0.717) is 0 Å². The second kappa shape index (κ2) is 4.99. The summed E-state index contributed by atoms with van der Waals surface area (Å²) in [6.07, 6.45) is 4.09. The van der Waals surface area contributed by atoms with E-state index in [1.165, 1.54) is 6.42 Å². The van der Waals surface area contributed by atoms with Crippen LogP contribution in [0.5, 0.6) is 0 Å². The maximum absolute atomic E-state index is 9.52. The Labute approximate surface area is 77.7 Å². The first kappa shape index (κ1) is 10.2. The lowest BCUT2D eigenvalue weighted by Gasteiger charge is -2.32. The molecule has 0 amide bonds. The van der Waals surface area contributed by atoms with Crippen LogP contribution < -0.4 is 0 Å². The van der Waals surface area contributed by atoms with E-state index in [1.54, 1.807) is 7.11 Å². The summed E-state index contributed by atoms with van der Waals surface area (Å²) in [5.74, 6) is 0.732. The smallest absolute Gasteiger partial charge is 0.0832 e. The van der Waals surface area contributed by atoms with Crippen LogP contribution in [0, 0.1) is 5.92 Å². The maximum atomic E-state index is 9.52. The van der Waals surface area contributed by atoms with Gasteiger partial charge in [0, 0.05) is 17.4 Å². The molecule has 2 nitrogen and oxygen atoms in total. The molecule has 3 radical (unpaired) electrons. The Morgan fingerprint density at radius 1 is 1.50 bits per heavy atom. The van der Waals surface area contributed by atoms with Crippen LogP contribution in [-0.4, -0.2) is 34.7 Å². The molecule has 0 aromatic rings. The Kier molecular flexibility index (Phi) is 4.25. The molecule has 0 saturated heterocycles. The van der Waals surface area contributed by atoms with Crippen LogP contribution in [0.3, 0.4) is 0 Å². The lowest BCUT2D eigenvalue weighted by molar-refractivity contribution is -0.0507. The highest BCUT2D eigenvalue weighted by atomic mass is 28.1. The molecule has 0 aromatic carbocycles. The molecule has 12 heavy (non-hydrogen) atoms.